The number of hydrogen-bond donors (Lipinski definition) is 3. The molecule has 7 nitrogen and oxygen atoms in total. The van der Waals surface area contributed by atoms with Gasteiger partial charge in [0.05, 0.1) is 17.1 Å². The van der Waals surface area contributed by atoms with Gasteiger partial charge < -0.3 is 10.6 Å². The highest BCUT2D eigenvalue weighted by atomic mass is 32.1. The average Bonchev–Trinajstić information content (AvgIpc) is 3.47. The first-order valence-corrected chi connectivity index (χ1v) is 10.2. The summed E-state index contributed by atoms with van der Waals surface area (Å²) in [5.41, 5.74) is 0.213. The van der Waals surface area contributed by atoms with Crippen molar-refractivity contribution in [3.63, 3.8) is 0 Å². The van der Waals surface area contributed by atoms with E-state index in [9.17, 15) is 18.4 Å². The minimum Gasteiger partial charge on any atom is -0.375 e. The lowest BCUT2D eigenvalue weighted by molar-refractivity contribution is -0.129. The van der Waals surface area contributed by atoms with E-state index in [0.29, 0.717) is 35.2 Å². The Labute approximate surface area is 179 Å². The summed E-state index contributed by atoms with van der Waals surface area (Å²) in [6.07, 6.45) is 1.36. The van der Waals surface area contributed by atoms with Gasteiger partial charge in [-0.15, -0.1) is 0 Å². The Morgan fingerprint density at radius 3 is 2.52 bits per heavy atom. The Bertz CT molecular complexity index is 1350. The molecule has 3 N–H and O–H groups in total. The third-order valence-corrected chi connectivity index (χ3v) is 6.54. The number of benzene rings is 2. The highest BCUT2D eigenvalue weighted by Crippen LogP contribution is 2.50. The van der Waals surface area contributed by atoms with Crippen LogP contribution in [-0.4, -0.2) is 31.7 Å². The van der Waals surface area contributed by atoms with Gasteiger partial charge in [-0.1, -0.05) is 12.1 Å². The predicted octanol–water partition coefficient (Wildman–Crippen LogP) is 2.66. The smallest absolute Gasteiger partial charge is 0.272 e. The lowest BCUT2D eigenvalue weighted by Gasteiger charge is -2.38. The molecule has 1 amide bonds. The lowest BCUT2D eigenvalue weighted by atomic mass is 9.88. The van der Waals surface area contributed by atoms with E-state index in [-0.39, 0.29) is 16.4 Å². The van der Waals surface area contributed by atoms with Gasteiger partial charge in [-0.3, -0.25) is 14.5 Å². The number of rotatable bonds is 2. The lowest BCUT2D eigenvalue weighted by Crippen LogP contribution is -2.43. The second-order valence-corrected chi connectivity index (χ2v) is 8.51. The number of anilines is 1. The van der Waals surface area contributed by atoms with E-state index in [0.717, 1.165) is 6.07 Å². The van der Waals surface area contributed by atoms with Crippen molar-refractivity contribution in [2.75, 3.05) is 5.32 Å². The summed E-state index contributed by atoms with van der Waals surface area (Å²) in [5.74, 6) is -1.15. The van der Waals surface area contributed by atoms with Crippen LogP contribution in [0.1, 0.15) is 36.2 Å². The highest BCUT2D eigenvalue weighted by Gasteiger charge is 2.61. The van der Waals surface area contributed by atoms with Crippen LogP contribution in [0.5, 0.6) is 0 Å². The Hall–Kier alpha value is -3.40. The van der Waals surface area contributed by atoms with Crippen molar-refractivity contribution in [1.29, 1.82) is 0 Å². The Kier molecular flexibility index (Phi) is 3.60. The third kappa shape index (κ3) is 2.54. The maximum Gasteiger partial charge on any atom is 0.272 e. The molecular formula is C21H15F2N5O2S. The first kappa shape index (κ1) is 18.4. The van der Waals surface area contributed by atoms with E-state index in [1.54, 1.807) is 12.1 Å². The summed E-state index contributed by atoms with van der Waals surface area (Å²) in [6.45, 7) is 0. The molecule has 3 aliphatic rings. The number of halogens is 2. The number of aromatic amines is 1. The summed E-state index contributed by atoms with van der Waals surface area (Å²) >= 11 is 5.51. The van der Waals surface area contributed by atoms with E-state index >= 15 is 0 Å². The molecule has 2 aromatic carbocycles. The van der Waals surface area contributed by atoms with Gasteiger partial charge in [-0.2, -0.15) is 5.10 Å². The summed E-state index contributed by atoms with van der Waals surface area (Å²) < 4.78 is 27.9. The molecular weight excluding hydrogens is 424 g/mol. The molecule has 2 atom stereocenters. The van der Waals surface area contributed by atoms with Crippen molar-refractivity contribution in [2.24, 2.45) is 0 Å². The van der Waals surface area contributed by atoms with Crippen LogP contribution in [0.2, 0.25) is 0 Å². The van der Waals surface area contributed by atoms with Crippen LogP contribution in [0.4, 0.5) is 14.5 Å². The van der Waals surface area contributed by atoms with Crippen LogP contribution in [0.3, 0.4) is 0 Å². The number of nitrogens with one attached hydrogen (secondary N) is 3. The molecule has 3 aromatic rings. The molecule has 3 heterocycles. The second kappa shape index (κ2) is 6.07. The van der Waals surface area contributed by atoms with Crippen LogP contribution < -0.4 is 16.2 Å². The fourth-order valence-corrected chi connectivity index (χ4v) is 4.98. The first-order chi connectivity index (χ1) is 14.9. The van der Waals surface area contributed by atoms with Crippen LogP contribution in [-0.2, 0) is 4.79 Å². The molecule has 1 aliphatic carbocycles. The summed E-state index contributed by atoms with van der Waals surface area (Å²) in [7, 11) is 0. The van der Waals surface area contributed by atoms with Crippen molar-refractivity contribution in [3.05, 3.63) is 69.6 Å². The van der Waals surface area contributed by atoms with Crippen LogP contribution >= 0.6 is 12.2 Å². The molecule has 2 aliphatic heterocycles. The molecule has 10 heteroatoms. The topological polar surface area (TPSA) is 90.1 Å². The number of hydrogen-bond acceptors (Lipinski definition) is 5. The van der Waals surface area contributed by atoms with Crippen LogP contribution in [0, 0.1) is 11.6 Å². The van der Waals surface area contributed by atoms with E-state index in [2.05, 4.69) is 20.8 Å². The van der Waals surface area contributed by atoms with Crippen molar-refractivity contribution >= 4 is 39.7 Å². The van der Waals surface area contributed by atoms with Gasteiger partial charge >= 0.3 is 0 Å². The van der Waals surface area contributed by atoms with Gasteiger partial charge in [0.1, 0.15) is 23.2 Å². The summed E-state index contributed by atoms with van der Waals surface area (Å²) in [4.78, 5) is 27.2. The zero-order valence-corrected chi connectivity index (χ0v) is 16.7. The molecule has 0 radical (unpaired) electrons. The number of thiocarbonyl (C=S) groups is 1. The zero-order valence-electron chi connectivity index (χ0n) is 15.9. The maximum atomic E-state index is 14.3. The number of H-pyrrole nitrogens is 1. The van der Waals surface area contributed by atoms with Gasteiger partial charge in [-0.25, -0.2) is 13.9 Å². The van der Waals surface area contributed by atoms with Crippen molar-refractivity contribution in [2.45, 2.75) is 30.5 Å². The monoisotopic (exact) mass is 439 g/mol. The van der Waals surface area contributed by atoms with Gasteiger partial charge in [0.25, 0.3) is 11.5 Å². The molecule has 6 rings (SSSR count). The van der Waals surface area contributed by atoms with Crippen molar-refractivity contribution < 1.29 is 13.6 Å². The summed E-state index contributed by atoms with van der Waals surface area (Å²) in [5, 5.41) is 13.9. The van der Waals surface area contributed by atoms with E-state index < -0.39 is 34.8 Å². The standard InChI is InChI=1S/C21H15F2N5O2S/c22-10-3-1-9(2-4-10)15-17(28-19(30)21(5-6-21)25-20(28)31)16-14-12(18(29)27-26-16)7-11(23)8-13(14)24-15/h1-4,7-8,15,17,24H,5-6H2,(H,25,31)(H,27,29). The average molecular weight is 439 g/mol. The fourth-order valence-electron chi connectivity index (χ4n) is 4.59. The molecule has 0 bridgehead atoms. The predicted molar refractivity (Wildman–Crippen MR) is 112 cm³/mol. The van der Waals surface area contributed by atoms with Gasteiger partial charge in [-0.05, 0) is 54.9 Å². The van der Waals surface area contributed by atoms with Gasteiger partial charge in [0, 0.05) is 11.1 Å². The number of carbonyl (C=O) groups excluding carboxylic acids is 1. The largest absolute Gasteiger partial charge is 0.375 e. The zero-order chi connectivity index (χ0) is 21.5. The second-order valence-electron chi connectivity index (χ2n) is 8.12. The highest BCUT2D eigenvalue weighted by molar-refractivity contribution is 7.80. The van der Waals surface area contributed by atoms with Crippen molar-refractivity contribution in [1.82, 2.24) is 20.4 Å². The minimum atomic E-state index is -0.727. The minimum absolute atomic E-state index is 0.127. The van der Waals surface area contributed by atoms with E-state index in [1.807, 2.05) is 0 Å². The molecule has 31 heavy (non-hydrogen) atoms. The van der Waals surface area contributed by atoms with E-state index in [4.69, 9.17) is 12.2 Å². The SMILES string of the molecule is O=C1N(C2c3n[nH]c(=O)c4cc(F)cc(c34)NC2c2ccc(F)cc2)C(=S)NC12CC2. The number of amides is 1. The molecule has 1 aromatic heterocycles. The van der Waals surface area contributed by atoms with Crippen molar-refractivity contribution in [3.8, 4) is 0 Å². The van der Waals surface area contributed by atoms with Gasteiger partial charge in [0.15, 0.2) is 5.11 Å². The number of carbonyl (C=O) groups is 1. The third-order valence-electron chi connectivity index (χ3n) is 6.24. The first-order valence-electron chi connectivity index (χ1n) is 9.78. The molecule has 1 saturated heterocycles. The quantitative estimate of drug-likeness (QED) is 0.532. The van der Waals surface area contributed by atoms with E-state index in [1.165, 1.54) is 23.1 Å². The molecule has 2 fully saturated rings. The Morgan fingerprint density at radius 2 is 1.84 bits per heavy atom. The number of aromatic nitrogens is 2. The number of nitrogens with zero attached hydrogens (tertiary/aromatic N) is 2. The Balaban J connectivity index is 1.61. The van der Waals surface area contributed by atoms with Crippen LogP contribution in [0.25, 0.3) is 10.8 Å². The normalized spacial score (nSPS) is 23.2. The fraction of sp³-hybridized carbons (Fsp3) is 0.238. The molecule has 1 spiro atoms. The van der Waals surface area contributed by atoms with Gasteiger partial charge in [0.2, 0.25) is 0 Å². The molecule has 2 unspecified atom stereocenters. The Morgan fingerprint density at radius 1 is 1.10 bits per heavy atom. The molecule has 1 saturated carbocycles. The molecule has 156 valence electrons. The maximum absolute atomic E-state index is 14.3. The van der Waals surface area contributed by atoms with Crippen LogP contribution in [0.15, 0.2) is 41.2 Å². The summed E-state index contributed by atoms with van der Waals surface area (Å²) in [6, 6.07) is 6.92.